The highest BCUT2D eigenvalue weighted by Gasteiger charge is 2.28. The maximum atomic E-state index is 6.38. The molecule has 1 aromatic rings. The quantitative estimate of drug-likeness (QED) is 0.829. The van der Waals surface area contributed by atoms with Crippen LogP contribution < -0.4 is 5.73 Å². The predicted molar refractivity (Wildman–Crippen MR) is 68.4 cm³/mol. The third kappa shape index (κ3) is 2.83. The third-order valence-electron chi connectivity index (χ3n) is 3.42. The molecule has 2 heteroatoms. The normalized spacial score (nSPS) is 16.8. The molecule has 16 heavy (non-hydrogen) atoms. The van der Waals surface area contributed by atoms with Crippen molar-refractivity contribution in [1.82, 2.24) is 0 Å². The van der Waals surface area contributed by atoms with Crippen molar-refractivity contribution in [2.45, 2.75) is 32.7 Å². The molecule has 0 radical (unpaired) electrons. The fraction of sp³-hybridized carbons (Fsp3) is 0.571. The Balaban J connectivity index is 2.88. The molecule has 2 nitrogen and oxygen atoms in total. The van der Waals surface area contributed by atoms with Gasteiger partial charge in [-0.05, 0) is 24.5 Å². The first-order chi connectivity index (χ1) is 7.52. The zero-order chi connectivity index (χ0) is 12.2. The van der Waals surface area contributed by atoms with Gasteiger partial charge in [-0.2, -0.15) is 0 Å². The number of ether oxygens (including phenoxy) is 1. The van der Waals surface area contributed by atoms with Crippen LogP contribution in [0.1, 0.15) is 31.9 Å². The third-order valence-corrected chi connectivity index (χ3v) is 3.42. The molecule has 1 aromatic carbocycles. The van der Waals surface area contributed by atoms with E-state index >= 15 is 0 Å². The topological polar surface area (TPSA) is 35.2 Å². The Morgan fingerprint density at radius 1 is 1.31 bits per heavy atom. The number of rotatable bonds is 5. The van der Waals surface area contributed by atoms with Gasteiger partial charge in [0.05, 0.1) is 6.61 Å². The Kier molecular flexibility index (Phi) is 4.51. The molecule has 0 spiro atoms. The molecular weight excluding hydrogens is 198 g/mol. The van der Waals surface area contributed by atoms with Crippen molar-refractivity contribution >= 4 is 0 Å². The van der Waals surface area contributed by atoms with E-state index in [-0.39, 0.29) is 5.54 Å². The number of hydrogen-bond donors (Lipinski definition) is 1. The van der Waals surface area contributed by atoms with Crippen molar-refractivity contribution in [2.75, 3.05) is 13.7 Å². The van der Waals surface area contributed by atoms with Crippen LogP contribution in [0, 0.1) is 5.92 Å². The Morgan fingerprint density at radius 2 is 1.88 bits per heavy atom. The van der Waals surface area contributed by atoms with Crippen molar-refractivity contribution in [3.05, 3.63) is 35.4 Å². The van der Waals surface area contributed by atoms with E-state index in [2.05, 4.69) is 45.0 Å². The van der Waals surface area contributed by atoms with Gasteiger partial charge in [-0.3, -0.25) is 0 Å². The minimum atomic E-state index is -0.331. The summed E-state index contributed by atoms with van der Waals surface area (Å²) in [6, 6.07) is 8.57. The van der Waals surface area contributed by atoms with Crippen LogP contribution in [0.2, 0.25) is 0 Å². The lowest BCUT2D eigenvalue weighted by atomic mass is 9.81. The Labute approximate surface area is 98.8 Å². The molecule has 2 atom stereocenters. The van der Waals surface area contributed by atoms with E-state index in [0.29, 0.717) is 12.5 Å². The van der Waals surface area contributed by atoms with Gasteiger partial charge in [0.2, 0.25) is 0 Å². The van der Waals surface area contributed by atoms with Crippen LogP contribution in [0.3, 0.4) is 0 Å². The fourth-order valence-electron chi connectivity index (χ4n) is 1.81. The molecule has 0 heterocycles. The molecule has 2 unspecified atom stereocenters. The molecule has 2 N–H and O–H groups in total. The SMILES string of the molecule is CCc1ccc(C(C)(N)C(C)COC)cc1. The number of methoxy groups -OCH3 is 1. The summed E-state index contributed by atoms with van der Waals surface area (Å²) in [4.78, 5) is 0. The van der Waals surface area contributed by atoms with Crippen molar-refractivity contribution in [3.8, 4) is 0 Å². The summed E-state index contributed by atoms with van der Waals surface area (Å²) in [6.07, 6.45) is 1.06. The summed E-state index contributed by atoms with van der Waals surface area (Å²) in [5, 5.41) is 0. The molecule has 0 saturated heterocycles. The summed E-state index contributed by atoms with van der Waals surface area (Å²) < 4.78 is 5.18. The molecule has 0 amide bonds. The van der Waals surface area contributed by atoms with Crippen LogP contribution >= 0.6 is 0 Å². The largest absolute Gasteiger partial charge is 0.384 e. The predicted octanol–water partition coefficient (Wildman–Crippen LogP) is 2.71. The minimum absolute atomic E-state index is 0.296. The molecule has 0 bridgehead atoms. The van der Waals surface area contributed by atoms with Crippen molar-refractivity contribution in [3.63, 3.8) is 0 Å². The number of benzene rings is 1. The molecule has 90 valence electrons. The van der Waals surface area contributed by atoms with E-state index in [1.165, 1.54) is 11.1 Å². The number of aryl methyl sites for hydroxylation is 1. The van der Waals surface area contributed by atoms with Gasteiger partial charge in [0, 0.05) is 18.6 Å². The monoisotopic (exact) mass is 221 g/mol. The average molecular weight is 221 g/mol. The van der Waals surface area contributed by atoms with E-state index in [9.17, 15) is 0 Å². The van der Waals surface area contributed by atoms with Crippen LogP contribution in [0.4, 0.5) is 0 Å². The maximum Gasteiger partial charge on any atom is 0.0508 e. The lowest BCUT2D eigenvalue weighted by Crippen LogP contribution is -2.41. The van der Waals surface area contributed by atoms with Crippen molar-refractivity contribution in [1.29, 1.82) is 0 Å². The van der Waals surface area contributed by atoms with Crippen LogP contribution in [0.15, 0.2) is 24.3 Å². The molecule has 1 rings (SSSR count). The highest BCUT2D eigenvalue weighted by Crippen LogP contribution is 2.27. The first-order valence-corrected chi connectivity index (χ1v) is 5.89. The Hall–Kier alpha value is -0.860. The lowest BCUT2D eigenvalue weighted by Gasteiger charge is -2.32. The van der Waals surface area contributed by atoms with E-state index in [4.69, 9.17) is 10.5 Å². The molecule has 0 aliphatic carbocycles. The van der Waals surface area contributed by atoms with Gasteiger partial charge in [-0.15, -0.1) is 0 Å². The zero-order valence-corrected chi connectivity index (χ0v) is 10.8. The minimum Gasteiger partial charge on any atom is -0.384 e. The van der Waals surface area contributed by atoms with Gasteiger partial charge in [0.25, 0.3) is 0 Å². The molecule has 0 fully saturated rings. The Bertz CT molecular complexity index is 316. The highest BCUT2D eigenvalue weighted by atomic mass is 16.5. The van der Waals surface area contributed by atoms with E-state index < -0.39 is 0 Å². The molecular formula is C14H23NO. The second-order valence-corrected chi connectivity index (χ2v) is 4.69. The van der Waals surface area contributed by atoms with Gasteiger partial charge in [-0.25, -0.2) is 0 Å². The smallest absolute Gasteiger partial charge is 0.0508 e. The second kappa shape index (κ2) is 5.46. The van der Waals surface area contributed by atoms with Gasteiger partial charge in [-0.1, -0.05) is 38.1 Å². The summed E-state index contributed by atoms with van der Waals surface area (Å²) in [6.45, 7) is 7.03. The lowest BCUT2D eigenvalue weighted by molar-refractivity contribution is 0.121. The van der Waals surface area contributed by atoms with Crippen LogP contribution in [-0.2, 0) is 16.7 Å². The number of nitrogens with two attached hydrogens (primary N) is 1. The molecule has 0 aliphatic rings. The molecule has 0 aliphatic heterocycles. The average Bonchev–Trinajstić information content (AvgIpc) is 2.29. The summed E-state index contributed by atoms with van der Waals surface area (Å²) >= 11 is 0. The zero-order valence-electron chi connectivity index (χ0n) is 10.8. The summed E-state index contributed by atoms with van der Waals surface area (Å²) in [5.41, 5.74) is 8.57. The first kappa shape index (κ1) is 13.2. The van der Waals surface area contributed by atoms with Gasteiger partial charge in [0.1, 0.15) is 0 Å². The van der Waals surface area contributed by atoms with Crippen molar-refractivity contribution in [2.24, 2.45) is 11.7 Å². The first-order valence-electron chi connectivity index (χ1n) is 5.89. The summed E-state index contributed by atoms with van der Waals surface area (Å²) in [5.74, 6) is 0.296. The molecule has 0 saturated carbocycles. The second-order valence-electron chi connectivity index (χ2n) is 4.69. The van der Waals surface area contributed by atoms with Crippen LogP contribution in [0.5, 0.6) is 0 Å². The van der Waals surface area contributed by atoms with E-state index in [1.54, 1.807) is 7.11 Å². The van der Waals surface area contributed by atoms with Crippen LogP contribution in [-0.4, -0.2) is 13.7 Å². The maximum absolute atomic E-state index is 6.38. The fourth-order valence-corrected chi connectivity index (χ4v) is 1.81. The van der Waals surface area contributed by atoms with Crippen LogP contribution in [0.25, 0.3) is 0 Å². The van der Waals surface area contributed by atoms with E-state index in [0.717, 1.165) is 6.42 Å². The summed E-state index contributed by atoms with van der Waals surface area (Å²) in [7, 11) is 1.72. The standard InChI is InChI=1S/C14H23NO/c1-5-12-6-8-13(9-7-12)14(3,15)11(2)10-16-4/h6-9,11H,5,10,15H2,1-4H3. The molecule has 0 aromatic heterocycles. The van der Waals surface area contributed by atoms with Crippen molar-refractivity contribution < 1.29 is 4.74 Å². The Morgan fingerprint density at radius 3 is 2.31 bits per heavy atom. The number of hydrogen-bond acceptors (Lipinski definition) is 2. The van der Waals surface area contributed by atoms with E-state index in [1.807, 2.05) is 0 Å². The van der Waals surface area contributed by atoms with Gasteiger partial charge >= 0.3 is 0 Å². The van der Waals surface area contributed by atoms with Gasteiger partial charge < -0.3 is 10.5 Å². The highest BCUT2D eigenvalue weighted by molar-refractivity contribution is 5.28. The van der Waals surface area contributed by atoms with Gasteiger partial charge in [0.15, 0.2) is 0 Å².